The normalized spacial score (nSPS) is 12.0. The van der Waals surface area contributed by atoms with Crippen molar-refractivity contribution in [3.8, 4) is 0 Å². The summed E-state index contributed by atoms with van der Waals surface area (Å²) in [5.74, 6) is -0.0910. The van der Waals surface area contributed by atoms with E-state index < -0.39 is 36.6 Å². The van der Waals surface area contributed by atoms with Crippen molar-refractivity contribution in [2.75, 3.05) is 28.8 Å². The van der Waals surface area contributed by atoms with Gasteiger partial charge in [0, 0.05) is 54.7 Å². The zero-order chi connectivity index (χ0) is 43.4. The van der Waals surface area contributed by atoms with E-state index in [9.17, 15) is 45.1 Å². The summed E-state index contributed by atoms with van der Waals surface area (Å²) in [7, 11) is -11.4. The van der Waals surface area contributed by atoms with Gasteiger partial charge in [0.05, 0.1) is 41.4 Å². The quantitative estimate of drug-likeness (QED) is 0.0351. The van der Waals surface area contributed by atoms with Crippen LogP contribution in [0, 0.1) is 6.92 Å². The Balaban J connectivity index is 0.000000935. The summed E-state index contributed by atoms with van der Waals surface area (Å²) in [5.41, 5.74) is 2.70. The average Bonchev–Trinajstić information content (AvgIpc) is 3.15. The van der Waals surface area contributed by atoms with Crippen LogP contribution in [0.5, 0.6) is 0 Å². The van der Waals surface area contributed by atoms with Gasteiger partial charge in [-0.05, 0) is 54.4 Å². The molecule has 0 N–H and O–H groups in total. The Hall–Kier alpha value is -0.370. The van der Waals surface area contributed by atoms with Gasteiger partial charge in [0.25, 0.3) is 0 Å². The van der Waals surface area contributed by atoms with Crippen LogP contribution in [0.25, 0.3) is 0 Å². The molecule has 61 heavy (non-hydrogen) atoms. The van der Waals surface area contributed by atoms with E-state index in [1.165, 1.54) is 23.5 Å². The van der Waals surface area contributed by atoms with Crippen LogP contribution in [-0.4, -0.2) is 90.5 Å². The predicted molar refractivity (Wildman–Crippen MR) is 223 cm³/mol. The summed E-state index contributed by atoms with van der Waals surface area (Å²) in [6.07, 6.45) is 1.23. The summed E-state index contributed by atoms with van der Waals surface area (Å²) < 4.78 is 87.0. The van der Waals surface area contributed by atoms with E-state index in [1.807, 2.05) is 6.07 Å². The van der Waals surface area contributed by atoms with E-state index in [0.29, 0.717) is 62.6 Å². The van der Waals surface area contributed by atoms with Crippen molar-refractivity contribution in [3.63, 3.8) is 0 Å². The number of carbonyl (C=O) groups excluding carboxylic acids is 4. The number of hydrogen-bond donors (Lipinski definition) is 1. The van der Waals surface area contributed by atoms with E-state index in [1.54, 1.807) is 66.7 Å². The first-order valence-corrected chi connectivity index (χ1v) is 24.1. The number of thioether (sulfide) groups is 2. The van der Waals surface area contributed by atoms with Gasteiger partial charge in [-0.1, -0.05) is 71.7 Å². The molecular formula is C37H31Cl2Na3O13S6. The third kappa shape index (κ3) is 18.1. The molecule has 13 nitrogen and oxygen atoms in total. The summed E-state index contributed by atoms with van der Waals surface area (Å²) in [4.78, 5) is 52.4. The van der Waals surface area contributed by atoms with Crippen molar-refractivity contribution < 1.29 is 146 Å². The number of fused-ring (bicyclic) bond motifs is 4. The van der Waals surface area contributed by atoms with Crippen LogP contribution in [0.1, 0.15) is 82.9 Å². The summed E-state index contributed by atoms with van der Waals surface area (Å²) in [5, 5.41) is 0.549. The fraction of sp³-hybridized carbons (Fsp3) is 0.216. The topological polar surface area (TPSA) is 234 Å². The monoisotopic (exact) mass is 1010 g/mol. The second-order valence-corrected chi connectivity index (χ2v) is 18.7. The van der Waals surface area contributed by atoms with Crippen molar-refractivity contribution in [1.82, 2.24) is 0 Å². The maximum absolute atomic E-state index is 13.3. The molecule has 0 amide bonds. The van der Waals surface area contributed by atoms with E-state index >= 15 is 0 Å². The molecule has 0 saturated carbocycles. The maximum Gasteiger partial charge on any atom is 1.00 e. The molecule has 0 saturated heterocycles. The van der Waals surface area contributed by atoms with Crippen molar-refractivity contribution in [2.24, 2.45) is 0 Å². The summed E-state index contributed by atoms with van der Waals surface area (Å²) in [6.45, 7) is 3.81. The van der Waals surface area contributed by atoms with Gasteiger partial charge in [-0.3, -0.25) is 19.2 Å². The molecule has 0 bridgehead atoms. The van der Waals surface area contributed by atoms with E-state index in [4.69, 9.17) is 35.8 Å². The smallest absolute Gasteiger partial charge is 0.748 e. The first-order chi connectivity index (χ1) is 27.2. The zero-order valence-corrected chi connectivity index (χ0v) is 45.3. The molecule has 4 aromatic rings. The second-order valence-electron chi connectivity index (χ2n) is 11.7. The summed E-state index contributed by atoms with van der Waals surface area (Å²) >= 11 is 18.5. The van der Waals surface area contributed by atoms with Crippen molar-refractivity contribution in [1.29, 1.82) is 0 Å². The molecule has 2 aliphatic carbocycles. The SMILES string of the molecule is O=C1c2cccc(Cl)c2C(=O)c2c(Cl)cccc21.O=S(=O)([O-])CCCS.O=S(=O)=O.[CH2-]CCSc1cccc2c1C(=O)c1c(SCCCS(=O)(=O)[O-])cccc1C2=O.[Na+].[Na+].[Na+]. The van der Waals surface area contributed by atoms with Crippen LogP contribution in [0.15, 0.2) is 82.6 Å². The van der Waals surface area contributed by atoms with Crippen molar-refractivity contribution in [2.45, 2.75) is 29.1 Å². The molecule has 6 rings (SSSR count). The molecule has 4 aromatic carbocycles. The molecule has 310 valence electrons. The molecule has 0 heterocycles. The Morgan fingerprint density at radius 2 is 0.885 bits per heavy atom. The third-order valence-corrected chi connectivity index (χ3v) is 12.5. The van der Waals surface area contributed by atoms with E-state index in [2.05, 4.69) is 19.6 Å². The number of ketones is 4. The molecule has 2 aliphatic rings. The van der Waals surface area contributed by atoms with Gasteiger partial charge in [0.2, 0.25) is 0 Å². The zero-order valence-electron chi connectivity index (χ0n) is 32.8. The maximum atomic E-state index is 13.3. The fourth-order valence-electron chi connectivity index (χ4n) is 5.42. The minimum Gasteiger partial charge on any atom is -0.748 e. The molecule has 0 aromatic heterocycles. The van der Waals surface area contributed by atoms with Gasteiger partial charge < -0.3 is 16.0 Å². The number of thiol groups is 1. The second kappa shape index (κ2) is 28.6. The molecule has 0 spiro atoms. The van der Waals surface area contributed by atoms with Crippen LogP contribution in [0.4, 0.5) is 0 Å². The largest absolute Gasteiger partial charge is 1.00 e. The van der Waals surface area contributed by atoms with Crippen molar-refractivity contribution >= 4 is 113 Å². The van der Waals surface area contributed by atoms with Gasteiger partial charge in [0.15, 0.2) is 23.1 Å². The van der Waals surface area contributed by atoms with Gasteiger partial charge in [-0.2, -0.15) is 19.0 Å². The summed E-state index contributed by atoms with van der Waals surface area (Å²) in [6, 6.07) is 20.1. The van der Waals surface area contributed by atoms with Gasteiger partial charge >= 0.3 is 99.3 Å². The van der Waals surface area contributed by atoms with Crippen LogP contribution >= 0.6 is 59.4 Å². The van der Waals surface area contributed by atoms with Gasteiger partial charge in [-0.25, -0.2) is 16.8 Å². The number of benzene rings is 4. The van der Waals surface area contributed by atoms with Crippen molar-refractivity contribution in [3.05, 3.63) is 134 Å². The molecule has 0 atom stereocenters. The minimum atomic E-state index is -4.26. The van der Waals surface area contributed by atoms with Gasteiger partial charge in [-0.15, -0.1) is 36.2 Å². The third-order valence-electron chi connectivity index (χ3n) is 7.72. The van der Waals surface area contributed by atoms with Crippen LogP contribution < -0.4 is 88.7 Å². The van der Waals surface area contributed by atoms with Crippen LogP contribution in [0.3, 0.4) is 0 Å². The standard InChI is InChI=1S/C20H19O5S3.C14H6Cl2O2.C3H8O3S2.3Na.O3S/c1-2-10-26-15-8-3-6-13-17(15)20(22)18-14(19(13)21)7-4-9-16(18)27-11-5-12-28(23,24)25;15-9-5-1-3-7-11(9)14(18)12-8(13(7)17)4-2-6-10(12)16;4-8(5,6)3-1-2-7;;;;1-4(2)3/h3-4,6-9H,1-2,5,10-12H2,(H,23,24,25);1-6H;7H,1-3H2,(H,4,5,6);;;;/q-1;;;3*+1;/p-2. The Kier molecular flexibility index (Phi) is 28.4. The molecule has 24 heteroatoms. The molecule has 0 fully saturated rings. The molecule has 0 radical (unpaired) electrons. The predicted octanol–water partition coefficient (Wildman–Crippen LogP) is -2.57. The molecule has 0 unspecified atom stereocenters. The Bertz CT molecular complexity index is 2520. The average molecular weight is 1020 g/mol. The number of hydrogen-bond acceptors (Lipinski definition) is 16. The molecular weight excluding hydrogens is 985 g/mol. The first kappa shape index (κ1) is 60.6. The Labute approximate surface area is 445 Å². The number of halogens is 2. The van der Waals surface area contributed by atoms with Crippen LogP contribution in [-0.2, 0) is 30.8 Å². The van der Waals surface area contributed by atoms with Gasteiger partial charge in [0.1, 0.15) is 0 Å². The van der Waals surface area contributed by atoms with Crippen LogP contribution in [0.2, 0.25) is 10.0 Å². The number of rotatable bonds is 11. The molecule has 0 aliphatic heterocycles. The fourth-order valence-corrected chi connectivity index (χ4v) is 9.41. The van der Waals surface area contributed by atoms with E-state index in [-0.39, 0.29) is 145 Å². The number of carbonyl (C=O) groups is 4. The minimum absolute atomic E-state index is 0. The Morgan fingerprint density at radius 1 is 0.557 bits per heavy atom. The first-order valence-electron chi connectivity index (χ1n) is 16.5. The Morgan fingerprint density at radius 3 is 1.23 bits per heavy atom. The van der Waals surface area contributed by atoms with E-state index in [0.717, 1.165) is 10.6 Å².